The lowest BCUT2D eigenvalue weighted by molar-refractivity contribution is 0.697. The van der Waals surface area contributed by atoms with Crippen LogP contribution in [0.5, 0.6) is 0 Å². The highest BCUT2D eigenvalue weighted by atomic mass is 16.1. The van der Waals surface area contributed by atoms with Crippen LogP contribution in [0.15, 0.2) is 35.1 Å². The Bertz CT molecular complexity index is 1260. The molecule has 146 valence electrons. The lowest BCUT2D eigenvalue weighted by Gasteiger charge is -2.26. The molecular formula is C20H20N8O. The maximum absolute atomic E-state index is 11.8. The summed E-state index contributed by atoms with van der Waals surface area (Å²) in [6, 6.07) is 10.0. The van der Waals surface area contributed by atoms with E-state index < -0.39 is 0 Å². The molecule has 9 nitrogen and oxygen atoms in total. The number of H-pyrrole nitrogens is 3. The minimum Gasteiger partial charge on any atom is -0.335 e. The quantitative estimate of drug-likeness (QED) is 0.427. The number of aromatic nitrogens is 6. The van der Waals surface area contributed by atoms with E-state index in [-0.39, 0.29) is 5.56 Å². The summed E-state index contributed by atoms with van der Waals surface area (Å²) in [5.74, 6) is 2.74. The summed E-state index contributed by atoms with van der Waals surface area (Å²) in [5.41, 5.74) is 3.72. The highest BCUT2D eigenvalue weighted by molar-refractivity contribution is 5.91. The van der Waals surface area contributed by atoms with Gasteiger partial charge >= 0.3 is 0 Å². The molecule has 0 radical (unpaired) electrons. The number of nitrogens with one attached hydrogen (secondary N) is 4. The Hall–Kier alpha value is -3.62. The molecule has 0 saturated heterocycles. The van der Waals surface area contributed by atoms with Crippen molar-refractivity contribution >= 4 is 28.5 Å². The first-order valence-corrected chi connectivity index (χ1v) is 9.87. The number of nitrogens with zero attached hydrogens (tertiary/aromatic N) is 4. The zero-order valence-electron chi connectivity index (χ0n) is 15.7. The van der Waals surface area contributed by atoms with E-state index >= 15 is 0 Å². The molecule has 29 heavy (non-hydrogen) atoms. The zero-order valence-corrected chi connectivity index (χ0v) is 15.7. The minimum atomic E-state index is -0.0357. The zero-order chi connectivity index (χ0) is 19.4. The van der Waals surface area contributed by atoms with Crippen LogP contribution in [0.25, 0.3) is 10.9 Å². The molecule has 1 aliphatic carbocycles. The maximum atomic E-state index is 11.8. The summed E-state index contributed by atoms with van der Waals surface area (Å²) >= 11 is 0. The van der Waals surface area contributed by atoms with Gasteiger partial charge in [-0.05, 0) is 31.4 Å². The summed E-state index contributed by atoms with van der Waals surface area (Å²) in [5, 5.41) is 17.5. The second kappa shape index (κ2) is 6.20. The standard InChI is InChI=1S/C20H20N8O/c29-19-13-7-8-28(10-16(13)25-27-19)20-21-14-4-2-1-3-12(14)18(23-20)22-17-9-15(24-26-17)11-5-6-11/h1-4,9,11H,5-8,10H2,(H2,25,27,29)(H2,21,22,23,24,26). The number of aromatic amines is 3. The summed E-state index contributed by atoms with van der Waals surface area (Å²) in [4.78, 5) is 23.5. The van der Waals surface area contributed by atoms with Crippen LogP contribution in [-0.2, 0) is 13.0 Å². The molecule has 1 aliphatic heterocycles. The summed E-state index contributed by atoms with van der Waals surface area (Å²) in [6.07, 6.45) is 3.11. The van der Waals surface area contributed by atoms with Gasteiger partial charge in [-0.2, -0.15) is 10.1 Å². The van der Waals surface area contributed by atoms with Crippen LogP contribution in [0, 0.1) is 0 Å². The van der Waals surface area contributed by atoms with E-state index in [1.54, 1.807) is 0 Å². The summed E-state index contributed by atoms with van der Waals surface area (Å²) in [6.45, 7) is 1.26. The Morgan fingerprint density at radius 2 is 2.03 bits per heavy atom. The van der Waals surface area contributed by atoms with Crippen molar-refractivity contribution in [2.45, 2.75) is 31.7 Å². The monoisotopic (exact) mass is 388 g/mol. The second-order valence-electron chi connectivity index (χ2n) is 7.70. The van der Waals surface area contributed by atoms with Crippen LogP contribution in [0.4, 0.5) is 17.6 Å². The van der Waals surface area contributed by atoms with Crippen molar-refractivity contribution in [1.82, 2.24) is 30.4 Å². The third-order valence-electron chi connectivity index (χ3n) is 5.68. The molecule has 1 fully saturated rings. The predicted octanol–water partition coefficient (Wildman–Crippen LogP) is 2.55. The normalized spacial score (nSPS) is 16.2. The van der Waals surface area contributed by atoms with E-state index in [2.05, 4.69) is 36.7 Å². The number of hydrogen-bond acceptors (Lipinski definition) is 6. The summed E-state index contributed by atoms with van der Waals surface area (Å²) in [7, 11) is 0. The van der Waals surface area contributed by atoms with E-state index in [1.165, 1.54) is 18.5 Å². The van der Waals surface area contributed by atoms with E-state index in [0.717, 1.165) is 33.8 Å². The first-order chi connectivity index (χ1) is 14.2. The minimum absolute atomic E-state index is 0.0357. The topological polar surface area (TPSA) is 118 Å². The average molecular weight is 388 g/mol. The number of hydrogen-bond donors (Lipinski definition) is 4. The number of rotatable bonds is 4. The molecule has 0 amide bonds. The van der Waals surface area contributed by atoms with Crippen molar-refractivity contribution < 1.29 is 0 Å². The number of benzene rings is 1. The fourth-order valence-electron chi connectivity index (χ4n) is 3.93. The van der Waals surface area contributed by atoms with Gasteiger partial charge < -0.3 is 15.3 Å². The smallest absolute Gasteiger partial charge is 0.267 e. The van der Waals surface area contributed by atoms with Gasteiger partial charge in [-0.25, -0.2) is 4.98 Å². The van der Waals surface area contributed by atoms with Crippen LogP contribution < -0.4 is 15.8 Å². The van der Waals surface area contributed by atoms with Crippen molar-refractivity contribution in [3.05, 3.63) is 57.6 Å². The molecule has 6 rings (SSSR count). The molecular weight excluding hydrogens is 368 g/mol. The average Bonchev–Trinajstić information content (AvgIpc) is 3.39. The maximum Gasteiger partial charge on any atom is 0.267 e. The van der Waals surface area contributed by atoms with E-state index in [4.69, 9.17) is 9.97 Å². The van der Waals surface area contributed by atoms with Gasteiger partial charge in [0.1, 0.15) is 5.82 Å². The lowest BCUT2D eigenvalue weighted by atomic mass is 10.1. The van der Waals surface area contributed by atoms with Gasteiger partial charge in [-0.15, -0.1) is 0 Å². The van der Waals surface area contributed by atoms with Gasteiger partial charge in [0.05, 0.1) is 17.8 Å². The number of fused-ring (bicyclic) bond motifs is 2. The highest BCUT2D eigenvalue weighted by Gasteiger charge is 2.26. The molecule has 0 bridgehead atoms. The Balaban J connectivity index is 1.37. The Kier molecular flexibility index (Phi) is 3.49. The van der Waals surface area contributed by atoms with Crippen LogP contribution in [-0.4, -0.2) is 36.9 Å². The first kappa shape index (κ1) is 16.3. The predicted molar refractivity (Wildman–Crippen MR) is 110 cm³/mol. The van der Waals surface area contributed by atoms with Crippen LogP contribution in [0.1, 0.15) is 35.7 Å². The van der Waals surface area contributed by atoms with E-state index in [9.17, 15) is 4.79 Å². The third kappa shape index (κ3) is 2.86. The van der Waals surface area contributed by atoms with Crippen LogP contribution in [0.2, 0.25) is 0 Å². The second-order valence-corrected chi connectivity index (χ2v) is 7.70. The Morgan fingerprint density at radius 3 is 2.93 bits per heavy atom. The molecule has 9 heteroatoms. The molecule has 4 aromatic rings. The van der Waals surface area contributed by atoms with Crippen molar-refractivity contribution in [3.8, 4) is 0 Å². The van der Waals surface area contributed by atoms with Gasteiger partial charge in [0.2, 0.25) is 5.95 Å². The van der Waals surface area contributed by atoms with Gasteiger partial charge in [-0.3, -0.25) is 15.0 Å². The van der Waals surface area contributed by atoms with E-state index in [0.29, 0.717) is 31.4 Å². The van der Waals surface area contributed by atoms with E-state index in [1.807, 2.05) is 24.3 Å². The van der Waals surface area contributed by atoms with Crippen molar-refractivity contribution in [3.63, 3.8) is 0 Å². The van der Waals surface area contributed by atoms with Crippen LogP contribution in [0.3, 0.4) is 0 Å². The molecule has 3 aromatic heterocycles. The fraction of sp³-hybridized carbons (Fsp3) is 0.300. The first-order valence-electron chi connectivity index (χ1n) is 9.87. The SMILES string of the molecule is O=c1[nH][nH]c2c1CCN(c1nc(Nc3cc(C4CC4)[nH]n3)c3ccccc3n1)C2. The summed E-state index contributed by atoms with van der Waals surface area (Å²) < 4.78 is 0. The highest BCUT2D eigenvalue weighted by Crippen LogP contribution is 2.40. The van der Waals surface area contributed by atoms with Gasteiger partial charge in [0.25, 0.3) is 5.56 Å². The molecule has 1 saturated carbocycles. The molecule has 0 unspecified atom stereocenters. The van der Waals surface area contributed by atoms with Crippen molar-refractivity contribution in [1.29, 1.82) is 0 Å². The van der Waals surface area contributed by atoms with Gasteiger partial charge in [-0.1, -0.05) is 12.1 Å². The van der Waals surface area contributed by atoms with Gasteiger partial charge in [0.15, 0.2) is 5.82 Å². The molecule has 4 N–H and O–H groups in total. The molecule has 1 aromatic carbocycles. The van der Waals surface area contributed by atoms with Gasteiger partial charge in [0, 0.05) is 35.2 Å². The Labute approximate surface area is 165 Å². The van der Waals surface area contributed by atoms with Crippen LogP contribution >= 0.6 is 0 Å². The molecule has 2 aliphatic rings. The van der Waals surface area contributed by atoms with Crippen molar-refractivity contribution in [2.75, 3.05) is 16.8 Å². The van der Waals surface area contributed by atoms with Crippen molar-refractivity contribution in [2.24, 2.45) is 0 Å². The number of para-hydroxylation sites is 1. The number of anilines is 3. The fourth-order valence-corrected chi connectivity index (χ4v) is 3.93. The molecule has 0 spiro atoms. The largest absolute Gasteiger partial charge is 0.335 e. The Morgan fingerprint density at radius 1 is 1.14 bits per heavy atom. The molecule has 4 heterocycles. The lowest BCUT2D eigenvalue weighted by Crippen LogP contribution is -2.33. The molecule has 0 atom stereocenters. The third-order valence-corrected chi connectivity index (χ3v) is 5.68.